The van der Waals surface area contributed by atoms with Gasteiger partial charge in [0, 0.05) is 40.7 Å². The van der Waals surface area contributed by atoms with Gasteiger partial charge in [-0.3, -0.25) is 10.2 Å². The third kappa shape index (κ3) is 4.77. The number of alkyl halides is 3. The second-order valence-corrected chi connectivity index (χ2v) is 9.28. The topological polar surface area (TPSA) is 87.0 Å². The average molecular weight is 529 g/mol. The van der Waals surface area contributed by atoms with Crippen LogP contribution in [0.1, 0.15) is 33.5 Å². The lowest BCUT2D eigenvalue weighted by Crippen LogP contribution is -2.61. The van der Waals surface area contributed by atoms with E-state index >= 15 is 0 Å². The molecule has 0 spiro atoms. The van der Waals surface area contributed by atoms with Gasteiger partial charge in [-0.1, -0.05) is 34.4 Å². The van der Waals surface area contributed by atoms with Gasteiger partial charge in [0.05, 0.1) is 18.9 Å². The maximum Gasteiger partial charge on any atom is 0.435 e. The van der Waals surface area contributed by atoms with Crippen molar-refractivity contribution in [2.24, 2.45) is 5.16 Å². The van der Waals surface area contributed by atoms with Crippen LogP contribution < -0.4 is 5.32 Å². The molecule has 2 aliphatic heterocycles. The number of amidine groups is 1. The molecule has 1 fully saturated rings. The van der Waals surface area contributed by atoms with Crippen LogP contribution in [0.15, 0.2) is 41.6 Å². The van der Waals surface area contributed by atoms with Crippen molar-refractivity contribution in [1.29, 1.82) is 5.41 Å². The van der Waals surface area contributed by atoms with Gasteiger partial charge in [0.1, 0.15) is 0 Å². The number of hydrogen-bond acceptors (Lipinski definition) is 5. The van der Waals surface area contributed by atoms with Gasteiger partial charge < -0.3 is 19.8 Å². The summed E-state index contributed by atoms with van der Waals surface area (Å²) in [6.07, 6.45) is -5.38. The van der Waals surface area contributed by atoms with E-state index in [0.717, 1.165) is 12.1 Å². The molecule has 0 radical (unpaired) electrons. The lowest BCUT2D eigenvalue weighted by atomic mass is 9.86. The normalized spacial score (nSPS) is 20.1. The molecule has 2 aromatic rings. The van der Waals surface area contributed by atoms with E-state index in [1.54, 1.807) is 24.0 Å². The Hall–Kier alpha value is -2.98. The van der Waals surface area contributed by atoms with Crippen LogP contribution in [-0.2, 0) is 15.2 Å². The molecule has 0 aliphatic carbocycles. The van der Waals surface area contributed by atoms with E-state index in [4.69, 9.17) is 38.2 Å². The molecule has 35 heavy (non-hydrogen) atoms. The molecular formula is C23H21Cl2F3N4O3. The molecule has 1 saturated heterocycles. The van der Waals surface area contributed by atoms with Gasteiger partial charge in [0.15, 0.2) is 0 Å². The molecule has 2 aromatic carbocycles. The van der Waals surface area contributed by atoms with Crippen molar-refractivity contribution >= 4 is 40.8 Å². The summed E-state index contributed by atoms with van der Waals surface area (Å²) in [6.45, 7) is 2.60. The first-order chi connectivity index (χ1) is 16.4. The van der Waals surface area contributed by atoms with E-state index in [2.05, 4.69) is 10.5 Å². The van der Waals surface area contributed by atoms with Gasteiger partial charge in [0.2, 0.25) is 0 Å². The predicted octanol–water partition coefficient (Wildman–Crippen LogP) is 4.88. The highest BCUT2D eigenvalue weighted by atomic mass is 35.5. The van der Waals surface area contributed by atoms with E-state index in [1.807, 2.05) is 0 Å². The van der Waals surface area contributed by atoms with E-state index < -0.39 is 18.2 Å². The molecule has 2 aliphatic rings. The Morgan fingerprint density at radius 2 is 1.89 bits per heavy atom. The lowest BCUT2D eigenvalue weighted by molar-refractivity contribution is -0.275. The van der Waals surface area contributed by atoms with Gasteiger partial charge in [-0.25, -0.2) is 0 Å². The molecule has 1 unspecified atom stereocenters. The summed E-state index contributed by atoms with van der Waals surface area (Å²) in [5.74, 6) is -0.314. The molecule has 4 rings (SSSR count). The Kier molecular flexibility index (Phi) is 6.63. The van der Waals surface area contributed by atoms with Gasteiger partial charge in [-0.05, 0) is 48.4 Å². The molecule has 1 atom stereocenters. The predicted molar refractivity (Wildman–Crippen MR) is 125 cm³/mol. The Morgan fingerprint density at radius 1 is 1.23 bits per heavy atom. The number of methoxy groups -OCH3 is 1. The van der Waals surface area contributed by atoms with Gasteiger partial charge in [-0.15, -0.1) is 0 Å². The van der Waals surface area contributed by atoms with Crippen LogP contribution in [-0.4, -0.2) is 55.0 Å². The van der Waals surface area contributed by atoms with Crippen molar-refractivity contribution in [3.8, 4) is 0 Å². The van der Waals surface area contributed by atoms with E-state index in [0.29, 0.717) is 29.8 Å². The number of nitrogens with zero attached hydrogens (tertiary/aromatic N) is 2. The van der Waals surface area contributed by atoms with E-state index in [-0.39, 0.29) is 39.3 Å². The number of amides is 1. The number of likely N-dealkylation sites (tertiary alicyclic amines) is 1. The first kappa shape index (κ1) is 25.1. The van der Waals surface area contributed by atoms with Gasteiger partial charge in [0.25, 0.3) is 17.5 Å². The fourth-order valence-corrected chi connectivity index (χ4v) is 4.60. The molecule has 0 bridgehead atoms. The Bertz CT molecular complexity index is 1190. The molecule has 2 heterocycles. The van der Waals surface area contributed by atoms with Crippen molar-refractivity contribution in [2.45, 2.75) is 31.2 Å². The number of hydrogen-bond donors (Lipinski definition) is 2. The number of aryl methyl sites for hydroxylation is 1. The van der Waals surface area contributed by atoms with Crippen LogP contribution in [0.25, 0.3) is 0 Å². The summed E-state index contributed by atoms with van der Waals surface area (Å²) in [4.78, 5) is 19.4. The van der Waals surface area contributed by atoms with Crippen LogP contribution in [0, 0.1) is 12.3 Å². The lowest BCUT2D eigenvalue weighted by Gasteiger charge is -2.39. The fourth-order valence-electron chi connectivity index (χ4n) is 4.07. The molecule has 1 amide bonds. The van der Waals surface area contributed by atoms with Crippen molar-refractivity contribution in [1.82, 2.24) is 10.2 Å². The highest BCUT2D eigenvalue weighted by Crippen LogP contribution is 2.49. The Labute approximate surface area is 209 Å². The number of carbonyl (C=O) groups excluding carboxylic acids is 1. The Balaban J connectivity index is 1.51. The second-order valence-electron chi connectivity index (χ2n) is 8.40. The first-order valence-corrected chi connectivity index (χ1v) is 11.3. The maximum absolute atomic E-state index is 14.2. The Morgan fingerprint density at radius 3 is 2.46 bits per heavy atom. The van der Waals surface area contributed by atoms with Gasteiger partial charge in [-0.2, -0.15) is 13.2 Å². The average Bonchev–Trinajstić information content (AvgIpc) is 3.21. The summed E-state index contributed by atoms with van der Waals surface area (Å²) < 4.78 is 47.4. The van der Waals surface area contributed by atoms with Crippen LogP contribution in [0.5, 0.6) is 0 Å². The highest BCUT2D eigenvalue weighted by molar-refractivity contribution is 6.34. The first-order valence-electron chi connectivity index (χ1n) is 10.5. The number of halogens is 5. The number of ether oxygens (including phenoxy) is 1. The number of rotatable bonds is 4. The SMILES string of the molecule is COC(=N)N1CC(NC(=O)c2ccc(C3=NOC(c4cc(Cl)cc(Cl)c4)(C(F)(F)F)C3)cc2C)C1. The summed E-state index contributed by atoms with van der Waals surface area (Å²) in [5.41, 5.74) is -1.53. The molecule has 0 saturated carbocycles. The zero-order valence-corrected chi connectivity index (χ0v) is 20.2. The summed E-state index contributed by atoms with van der Waals surface area (Å²) in [7, 11) is 1.40. The molecule has 186 valence electrons. The second kappa shape index (κ2) is 9.23. The molecule has 0 aromatic heterocycles. The minimum absolute atomic E-state index is 0.0329. The summed E-state index contributed by atoms with van der Waals surface area (Å²) in [5, 5.41) is 14.3. The largest absolute Gasteiger partial charge is 0.469 e. The minimum atomic E-state index is -4.79. The summed E-state index contributed by atoms with van der Waals surface area (Å²) in [6, 6.07) is 8.23. The van der Waals surface area contributed by atoms with Crippen molar-refractivity contribution in [3.63, 3.8) is 0 Å². The van der Waals surface area contributed by atoms with Crippen LogP contribution in [0.3, 0.4) is 0 Å². The molecule has 7 nitrogen and oxygen atoms in total. The smallest absolute Gasteiger partial charge is 0.435 e. The van der Waals surface area contributed by atoms with Gasteiger partial charge >= 0.3 is 6.18 Å². The van der Waals surface area contributed by atoms with Crippen molar-refractivity contribution < 1.29 is 27.5 Å². The summed E-state index contributed by atoms with van der Waals surface area (Å²) >= 11 is 11.9. The number of nitrogens with one attached hydrogen (secondary N) is 2. The number of oxime groups is 1. The maximum atomic E-state index is 14.2. The number of benzene rings is 2. The van der Waals surface area contributed by atoms with Crippen LogP contribution >= 0.6 is 23.2 Å². The monoisotopic (exact) mass is 528 g/mol. The fraction of sp³-hybridized carbons (Fsp3) is 0.348. The third-order valence-electron chi connectivity index (χ3n) is 6.02. The van der Waals surface area contributed by atoms with Crippen molar-refractivity contribution in [2.75, 3.05) is 20.2 Å². The van der Waals surface area contributed by atoms with E-state index in [1.165, 1.54) is 19.2 Å². The highest BCUT2D eigenvalue weighted by Gasteiger charge is 2.62. The zero-order chi connectivity index (χ0) is 25.5. The third-order valence-corrected chi connectivity index (χ3v) is 6.45. The van der Waals surface area contributed by atoms with E-state index in [9.17, 15) is 18.0 Å². The quantitative estimate of drug-likeness (QED) is 0.437. The minimum Gasteiger partial charge on any atom is -0.469 e. The standard InChI is InChI=1S/C23H21Cl2F3N4O3/c1-12-5-13(3-4-18(12)20(33)30-17-10-32(11-17)21(29)34-2)19-9-22(35-31-19,23(26,27)28)14-6-15(24)8-16(25)7-14/h3-8,17,29H,9-11H2,1-2H3,(H,30,33). The van der Waals surface area contributed by atoms with Crippen LogP contribution in [0.2, 0.25) is 10.0 Å². The molecule has 12 heteroatoms. The molecular weight excluding hydrogens is 508 g/mol. The number of carbonyl (C=O) groups is 1. The van der Waals surface area contributed by atoms with Crippen molar-refractivity contribution in [3.05, 3.63) is 68.7 Å². The van der Waals surface area contributed by atoms with Crippen LogP contribution in [0.4, 0.5) is 13.2 Å². The zero-order valence-electron chi connectivity index (χ0n) is 18.7. The molecule has 2 N–H and O–H groups in total.